The van der Waals surface area contributed by atoms with Crippen LogP contribution in [0.3, 0.4) is 0 Å². The maximum Gasteiger partial charge on any atom is 0.328 e. The molecule has 0 aromatic heterocycles. The van der Waals surface area contributed by atoms with Gasteiger partial charge in [0.1, 0.15) is 5.54 Å². The zero-order valence-corrected chi connectivity index (χ0v) is 11.2. The second kappa shape index (κ2) is 6.73. The van der Waals surface area contributed by atoms with Crippen LogP contribution in [0.15, 0.2) is 36.4 Å². The number of rotatable bonds is 6. The molecule has 0 bridgehead atoms. The molecule has 0 aliphatic heterocycles. The third-order valence-electron chi connectivity index (χ3n) is 2.63. The van der Waals surface area contributed by atoms with Crippen LogP contribution in [0.2, 0.25) is 0 Å². The highest BCUT2D eigenvalue weighted by molar-refractivity contribution is 5.86. The first kappa shape index (κ1) is 15.0. The summed E-state index contributed by atoms with van der Waals surface area (Å²) in [4.78, 5) is 22.4. The molecule has 19 heavy (non-hydrogen) atoms. The molecule has 0 heterocycles. The van der Waals surface area contributed by atoms with Gasteiger partial charge in [-0.2, -0.15) is 0 Å². The molecule has 0 saturated heterocycles. The Hall–Kier alpha value is -2.10. The normalized spacial score (nSPS) is 11.5. The van der Waals surface area contributed by atoms with Gasteiger partial charge in [-0.15, -0.1) is 0 Å². The van der Waals surface area contributed by atoms with Crippen molar-refractivity contribution in [2.75, 3.05) is 0 Å². The van der Waals surface area contributed by atoms with E-state index in [1.54, 1.807) is 0 Å². The molecule has 1 rings (SSSR count). The van der Waals surface area contributed by atoms with E-state index in [1.807, 2.05) is 42.5 Å². The predicted octanol–water partition coefficient (Wildman–Crippen LogP) is 2.46. The molecule has 1 aromatic carbocycles. The van der Waals surface area contributed by atoms with Crippen molar-refractivity contribution in [3.05, 3.63) is 42.0 Å². The van der Waals surface area contributed by atoms with E-state index >= 15 is 0 Å². The Bertz CT molecular complexity index is 464. The van der Waals surface area contributed by atoms with Crippen LogP contribution in [0, 0.1) is 0 Å². The van der Waals surface area contributed by atoms with E-state index < -0.39 is 11.5 Å². The highest BCUT2D eigenvalue weighted by atomic mass is 16.4. The van der Waals surface area contributed by atoms with Gasteiger partial charge in [0.15, 0.2) is 0 Å². The Morgan fingerprint density at radius 3 is 2.47 bits per heavy atom. The van der Waals surface area contributed by atoms with Gasteiger partial charge in [0, 0.05) is 6.42 Å². The molecule has 102 valence electrons. The lowest BCUT2D eigenvalue weighted by molar-refractivity contribution is -0.146. The summed E-state index contributed by atoms with van der Waals surface area (Å²) >= 11 is 0. The van der Waals surface area contributed by atoms with Crippen molar-refractivity contribution in [2.24, 2.45) is 0 Å². The van der Waals surface area contributed by atoms with Crippen LogP contribution < -0.4 is 5.32 Å². The van der Waals surface area contributed by atoms with E-state index in [0.29, 0.717) is 6.42 Å². The lowest BCUT2D eigenvalue weighted by Gasteiger charge is -2.20. The van der Waals surface area contributed by atoms with Crippen LogP contribution in [-0.2, 0) is 9.59 Å². The summed E-state index contributed by atoms with van der Waals surface area (Å²) in [6, 6.07) is 9.79. The summed E-state index contributed by atoms with van der Waals surface area (Å²) in [6.07, 6.45) is 4.70. The van der Waals surface area contributed by atoms with Gasteiger partial charge in [-0.05, 0) is 25.8 Å². The van der Waals surface area contributed by atoms with Crippen molar-refractivity contribution in [3.63, 3.8) is 0 Å². The van der Waals surface area contributed by atoms with Crippen molar-refractivity contribution in [2.45, 2.75) is 32.2 Å². The standard InChI is InChI=1S/C15H19NO3/c1-15(2,14(18)19)16-13(17)11-7-6-10-12-8-4-3-5-9-12/h3-6,8-10H,7,11H2,1-2H3,(H,16,17)(H,18,19)/b10-6+. The highest BCUT2D eigenvalue weighted by Crippen LogP contribution is 2.05. The summed E-state index contributed by atoms with van der Waals surface area (Å²) in [5.41, 5.74) is -0.144. The third-order valence-corrected chi connectivity index (χ3v) is 2.63. The average Bonchev–Trinajstić information content (AvgIpc) is 2.35. The molecule has 4 nitrogen and oxygen atoms in total. The molecule has 0 aliphatic carbocycles. The van der Waals surface area contributed by atoms with E-state index in [1.165, 1.54) is 13.8 Å². The van der Waals surface area contributed by atoms with Gasteiger partial charge < -0.3 is 10.4 Å². The smallest absolute Gasteiger partial charge is 0.328 e. The van der Waals surface area contributed by atoms with Crippen molar-refractivity contribution >= 4 is 18.0 Å². The summed E-state index contributed by atoms with van der Waals surface area (Å²) in [7, 11) is 0. The van der Waals surface area contributed by atoms with Crippen molar-refractivity contribution in [1.82, 2.24) is 5.32 Å². The molecule has 0 aliphatic rings. The number of nitrogens with one attached hydrogen (secondary N) is 1. The SMILES string of the molecule is CC(C)(NC(=O)CC/C=C/c1ccccc1)C(=O)O. The number of carbonyl (C=O) groups is 2. The van der Waals surface area contributed by atoms with Crippen LogP contribution >= 0.6 is 0 Å². The molecule has 0 radical (unpaired) electrons. The van der Waals surface area contributed by atoms with Crippen molar-refractivity contribution < 1.29 is 14.7 Å². The van der Waals surface area contributed by atoms with Crippen LogP contribution in [0.5, 0.6) is 0 Å². The first-order valence-corrected chi connectivity index (χ1v) is 6.18. The van der Waals surface area contributed by atoms with Gasteiger partial charge in [-0.3, -0.25) is 4.79 Å². The fourth-order valence-corrected chi connectivity index (χ4v) is 1.46. The van der Waals surface area contributed by atoms with Gasteiger partial charge in [-0.25, -0.2) is 4.79 Å². The average molecular weight is 261 g/mol. The number of hydrogen-bond acceptors (Lipinski definition) is 2. The summed E-state index contributed by atoms with van der Waals surface area (Å²) in [5.74, 6) is -1.30. The zero-order valence-electron chi connectivity index (χ0n) is 11.2. The number of hydrogen-bond donors (Lipinski definition) is 2. The van der Waals surface area contributed by atoms with Gasteiger partial charge in [-0.1, -0.05) is 42.5 Å². The number of amides is 1. The van der Waals surface area contributed by atoms with E-state index in [0.717, 1.165) is 5.56 Å². The van der Waals surface area contributed by atoms with Gasteiger partial charge >= 0.3 is 5.97 Å². The maximum absolute atomic E-state index is 11.6. The number of benzene rings is 1. The Balaban J connectivity index is 2.36. The highest BCUT2D eigenvalue weighted by Gasteiger charge is 2.28. The first-order chi connectivity index (χ1) is 8.92. The Morgan fingerprint density at radius 1 is 1.26 bits per heavy atom. The quantitative estimate of drug-likeness (QED) is 0.826. The fourth-order valence-electron chi connectivity index (χ4n) is 1.46. The van der Waals surface area contributed by atoms with Crippen molar-refractivity contribution in [1.29, 1.82) is 0 Å². The minimum absolute atomic E-state index is 0.259. The lowest BCUT2D eigenvalue weighted by atomic mass is 10.1. The zero-order chi connectivity index (χ0) is 14.3. The molecule has 0 spiro atoms. The molecule has 1 amide bonds. The third kappa shape index (κ3) is 5.38. The molecule has 0 saturated carbocycles. The minimum Gasteiger partial charge on any atom is -0.480 e. The van der Waals surface area contributed by atoms with Crippen LogP contribution in [0.25, 0.3) is 6.08 Å². The molecule has 0 unspecified atom stereocenters. The van der Waals surface area contributed by atoms with Gasteiger partial charge in [0.05, 0.1) is 0 Å². The molecule has 0 fully saturated rings. The number of carboxylic acid groups (broad SMARTS) is 1. The Labute approximate surface area is 113 Å². The Kier molecular flexibility index (Phi) is 5.30. The number of allylic oxidation sites excluding steroid dienone is 1. The largest absolute Gasteiger partial charge is 0.480 e. The van der Waals surface area contributed by atoms with Crippen LogP contribution in [0.1, 0.15) is 32.3 Å². The van der Waals surface area contributed by atoms with Gasteiger partial charge in [0.25, 0.3) is 0 Å². The second-order valence-electron chi connectivity index (χ2n) is 4.83. The molecular weight excluding hydrogens is 242 g/mol. The second-order valence-corrected chi connectivity index (χ2v) is 4.83. The topological polar surface area (TPSA) is 66.4 Å². The van der Waals surface area contributed by atoms with E-state index in [9.17, 15) is 9.59 Å². The molecule has 4 heteroatoms. The minimum atomic E-state index is -1.22. The maximum atomic E-state index is 11.6. The lowest BCUT2D eigenvalue weighted by Crippen LogP contribution is -2.49. The van der Waals surface area contributed by atoms with Crippen LogP contribution in [0.4, 0.5) is 0 Å². The van der Waals surface area contributed by atoms with Gasteiger partial charge in [0.2, 0.25) is 5.91 Å². The first-order valence-electron chi connectivity index (χ1n) is 6.18. The molecule has 0 atom stereocenters. The molecule has 2 N–H and O–H groups in total. The fraction of sp³-hybridized carbons (Fsp3) is 0.333. The Morgan fingerprint density at radius 2 is 1.89 bits per heavy atom. The summed E-state index contributed by atoms with van der Waals surface area (Å²) < 4.78 is 0. The number of carboxylic acids is 1. The number of carbonyl (C=O) groups excluding carboxylic acids is 1. The van der Waals surface area contributed by atoms with E-state index in [4.69, 9.17) is 5.11 Å². The van der Waals surface area contributed by atoms with Crippen molar-refractivity contribution in [3.8, 4) is 0 Å². The predicted molar refractivity (Wildman–Crippen MR) is 74.6 cm³/mol. The monoisotopic (exact) mass is 261 g/mol. The van der Waals surface area contributed by atoms with E-state index in [-0.39, 0.29) is 12.3 Å². The molecule has 1 aromatic rings. The van der Waals surface area contributed by atoms with Crippen LogP contribution in [-0.4, -0.2) is 22.5 Å². The van der Waals surface area contributed by atoms with E-state index in [2.05, 4.69) is 5.32 Å². The molecular formula is C15H19NO3. The summed E-state index contributed by atoms with van der Waals surface area (Å²) in [6.45, 7) is 2.93. The summed E-state index contributed by atoms with van der Waals surface area (Å²) in [5, 5.41) is 11.4. The number of aliphatic carboxylic acids is 1.